The number of thiazole rings is 1. The van der Waals surface area contributed by atoms with Gasteiger partial charge in [-0.3, -0.25) is 14.6 Å². The van der Waals surface area contributed by atoms with E-state index in [-0.39, 0.29) is 11.9 Å². The Morgan fingerprint density at radius 1 is 1.38 bits per heavy atom. The molecule has 1 aliphatic carbocycles. The fourth-order valence-electron chi connectivity index (χ4n) is 3.12. The minimum Gasteiger partial charge on any atom is -0.352 e. The fourth-order valence-corrected chi connectivity index (χ4v) is 3.95. The zero-order valence-electron chi connectivity index (χ0n) is 15.0. The number of carbonyl (C=O) groups excluding carboxylic acids is 1. The maximum absolute atomic E-state index is 12.2. The Labute approximate surface area is 149 Å². The van der Waals surface area contributed by atoms with E-state index in [2.05, 4.69) is 27.4 Å². The van der Waals surface area contributed by atoms with Gasteiger partial charge in [0, 0.05) is 44.1 Å². The molecule has 1 amide bonds. The van der Waals surface area contributed by atoms with Crippen molar-refractivity contribution in [3.8, 4) is 0 Å². The van der Waals surface area contributed by atoms with E-state index in [1.165, 1.54) is 23.5 Å². The third-order valence-electron chi connectivity index (χ3n) is 4.99. The molecule has 1 N–H and O–H groups in total. The van der Waals surface area contributed by atoms with Gasteiger partial charge in [0.1, 0.15) is 0 Å². The number of aryl methyl sites for hydroxylation is 1. The van der Waals surface area contributed by atoms with Gasteiger partial charge in [-0.1, -0.05) is 13.3 Å². The molecule has 1 aliphatic heterocycles. The van der Waals surface area contributed by atoms with Crippen molar-refractivity contribution >= 4 is 17.2 Å². The number of nitrogens with zero attached hydrogens (tertiary/aromatic N) is 3. The molecule has 0 spiro atoms. The lowest BCUT2D eigenvalue weighted by Gasteiger charge is -2.37. The molecule has 24 heavy (non-hydrogen) atoms. The Morgan fingerprint density at radius 3 is 2.79 bits per heavy atom. The number of nitrogens with one attached hydrogen (secondary N) is 1. The van der Waals surface area contributed by atoms with Gasteiger partial charge in [-0.15, -0.1) is 11.3 Å². The molecule has 1 aromatic rings. The summed E-state index contributed by atoms with van der Waals surface area (Å²) in [6.07, 6.45) is 5.87. The topological polar surface area (TPSA) is 48.5 Å². The number of aromatic nitrogens is 1. The minimum atomic E-state index is -0.00679. The Morgan fingerprint density at radius 2 is 2.12 bits per heavy atom. The van der Waals surface area contributed by atoms with Crippen LogP contribution in [0, 0.1) is 0 Å². The molecule has 1 saturated heterocycles. The number of hydrogen-bond acceptors (Lipinski definition) is 5. The van der Waals surface area contributed by atoms with E-state index in [1.807, 2.05) is 6.92 Å². The molecule has 2 fully saturated rings. The summed E-state index contributed by atoms with van der Waals surface area (Å²) < 4.78 is 0. The lowest BCUT2D eigenvalue weighted by Crippen LogP contribution is -2.53. The molecule has 5 nitrogen and oxygen atoms in total. The highest BCUT2D eigenvalue weighted by Gasteiger charge is 2.30. The summed E-state index contributed by atoms with van der Waals surface area (Å²) in [5.74, 6) is 0.200. The van der Waals surface area contributed by atoms with Crippen molar-refractivity contribution in [2.45, 2.75) is 64.6 Å². The van der Waals surface area contributed by atoms with Gasteiger partial charge in [-0.05, 0) is 32.6 Å². The second-order valence-electron chi connectivity index (χ2n) is 7.11. The molecule has 1 aromatic heterocycles. The third kappa shape index (κ3) is 5.01. The Bertz CT molecular complexity index is 535. The predicted octanol–water partition coefficient (Wildman–Crippen LogP) is 2.27. The Kier molecular flexibility index (Phi) is 6.25. The highest BCUT2D eigenvalue weighted by molar-refractivity contribution is 7.09. The molecule has 0 unspecified atom stereocenters. The average molecular weight is 351 g/mol. The number of piperazine rings is 1. The third-order valence-corrected chi connectivity index (χ3v) is 5.94. The van der Waals surface area contributed by atoms with Crippen LogP contribution in [-0.2, 0) is 17.8 Å². The van der Waals surface area contributed by atoms with Gasteiger partial charge in [-0.25, -0.2) is 4.98 Å². The van der Waals surface area contributed by atoms with Crippen molar-refractivity contribution in [3.63, 3.8) is 0 Å². The molecule has 0 radical (unpaired) electrons. The van der Waals surface area contributed by atoms with Crippen LogP contribution in [0.4, 0.5) is 0 Å². The molecule has 1 saturated carbocycles. The van der Waals surface area contributed by atoms with Gasteiger partial charge in [0.2, 0.25) is 5.91 Å². The summed E-state index contributed by atoms with van der Waals surface area (Å²) in [4.78, 5) is 21.7. The van der Waals surface area contributed by atoms with E-state index in [1.54, 1.807) is 11.3 Å². The summed E-state index contributed by atoms with van der Waals surface area (Å²) in [6, 6.07) is 0.445. The van der Waals surface area contributed by atoms with Crippen LogP contribution >= 0.6 is 11.3 Å². The van der Waals surface area contributed by atoms with Crippen LogP contribution < -0.4 is 5.32 Å². The predicted molar refractivity (Wildman–Crippen MR) is 98.2 cm³/mol. The molecular formula is C18H30N4OS. The maximum atomic E-state index is 12.2. The number of amides is 1. The van der Waals surface area contributed by atoms with Crippen molar-refractivity contribution in [2.75, 3.05) is 26.2 Å². The molecule has 3 rings (SSSR count). The largest absolute Gasteiger partial charge is 0.352 e. The van der Waals surface area contributed by atoms with Crippen molar-refractivity contribution in [1.82, 2.24) is 20.1 Å². The summed E-state index contributed by atoms with van der Waals surface area (Å²) in [7, 11) is 0. The standard InChI is InChI=1S/C18H30N4OS/c1-3-4-5-17-19-16(13-24-17)12-21-8-10-22(11-9-21)14(2)18(23)20-15-6-7-15/h13-15H,3-12H2,1-2H3,(H,20,23)/t14-/m0/s1. The summed E-state index contributed by atoms with van der Waals surface area (Å²) in [5.41, 5.74) is 1.21. The number of rotatable bonds is 8. The quantitative estimate of drug-likeness (QED) is 0.781. The van der Waals surface area contributed by atoms with Gasteiger partial charge in [0.05, 0.1) is 16.7 Å². The normalized spacial score (nSPS) is 20.9. The van der Waals surface area contributed by atoms with E-state index >= 15 is 0 Å². The van der Waals surface area contributed by atoms with E-state index < -0.39 is 0 Å². The summed E-state index contributed by atoms with van der Waals surface area (Å²) in [5, 5.41) is 6.60. The van der Waals surface area contributed by atoms with Crippen molar-refractivity contribution in [2.24, 2.45) is 0 Å². The smallest absolute Gasteiger partial charge is 0.237 e. The van der Waals surface area contributed by atoms with Gasteiger partial charge in [-0.2, -0.15) is 0 Å². The Hall–Kier alpha value is -0.980. The second kappa shape index (κ2) is 8.41. The molecule has 2 heterocycles. The average Bonchev–Trinajstić information content (AvgIpc) is 3.30. The molecule has 1 atom stereocenters. The highest BCUT2D eigenvalue weighted by atomic mass is 32.1. The number of carbonyl (C=O) groups is 1. The summed E-state index contributed by atoms with van der Waals surface area (Å²) >= 11 is 1.80. The number of unbranched alkanes of at least 4 members (excludes halogenated alkanes) is 1. The van der Waals surface area contributed by atoms with Crippen LogP contribution in [0.25, 0.3) is 0 Å². The first-order chi connectivity index (χ1) is 11.7. The minimum absolute atomic E-state index is 0.00679. The van der Waals surface area contributed by atoms with Crippen LogP contribution in [0.15, 0.2) is 5.38 Å². The molecule has 2 aliphatic rings. The molecule has 6 heteroatoms. The van der Waals surface area contributed by atoms with Crippen molar-refractivity contribution < 1.29 is 4.79 Å². The molecule has 134 valence electrons. The highest BCUT2D eigenvalue weighted by Crippen LogP contribution is 2.19. The Balaban J connectivity index is 1.41. The fraction of sp³-hybridized carbons (Fsp3) is 0.778. The monoisotopic (exact) mass is 350 g/mol. The number of hydrogen-bond donors (Lipinski definition) is 1. The SMILES string of the molecule is CCCCc1nc(CN2CCN([C@@H](C)C(=O)NC3CC3)CC2)cs1. The van der Waals surface area contributed by atoms with E-state index in [9.17, 15) is 4.79 Å². The van der Waals surface area contributed by atoms with Crippen LogP contribution in [0.2, 0.25) is 0 Å². The lowest BCUT2D eigenvalue weighted by molar-refractivity contribution is -0.126. The first-order valence-corrected chi connectivity index (χ1v) is 10.2. The first kappa shape index (κ1) is 17.8. The maximum Gasteiger partial charge on any atom is 0.237 e. The molecule has 0 bridgehead atoms. The van der Waals surface area contributed by atoms with Crippen molar-refractivity contribution in [1.29, 1.82) is 0 Å². The second-order valence-corrected chi connectivity index (χ2v) is 8.05. The van der Waals surface area contributed by atoms with E-state index in [0.29, 0.717) is 6.04 Å². The molecular weight excluding hydrogens is 320 g/mol. The molecule has 0 aromatic carbocycles. The summed E-state index contributed by atoms with van der Waals surface area (Å²) in [6.45, 7) is 9.16. The van der Waals surface area contributed by atoms with Crippen molar-refractivity contribution in [3.05, 3.63) is 16.1 Å². The van der Waals surface area contributed by atoms with Gasteiger partial charge < -0.3 is 5.32 Å². The van der Waals surface area contributed by atoms with E-state index in [4.69, 9.17) is 4.98 Å². The van der Waals surface area contributed by atoms with Crippen LogP contribution in [0.3, 0.4) is 0 Å². The van der Waals surface area contributed by atoms with Gasteiger partial charge in [0.15, 0.2) is 0 Å². The zero-order chi connectivity index (χ0) is 16.9. The van der Waals surface area contributed by atoms with Crippen LogP contribution in [-0.4, -0.2) is 59.0 Å². The lowest BCUT2D eigenvalue weighted by atomic mass is 10.2. The first-order valence-electron chi connectivity index (χ1n) is 9.35. The van der Waals surface area contributed by atoms with Crippen LogP contribution in [0.5, 0.6) is 0 Å². The van der Waals surface area contributed by atoms with Gasteiger partial charge >= 0.3 is 0 Å². The van der Waals surface area contributed by atoms with Gasteiger partial charge in [0.25, 0.3) is 0 Å². The van der Waals surface area contributed by atoms with E-state index in [0.717, 1.165) is 52.0 Å². The van der Waals surface area contributed by atoms with Crippen LogP contribution in [0.1, 0.15) is 50.2 Å². The zero-order valence-corrected chi connectivity index (χ0v) is 15.8.